The van der Waals surface area contributed by atoms with Crippen molar-refractivity contribution in [3.05, 3.63) is 0 Å². The summed E-state index contributed by atoms with van der Waals surface area (Å²) in [5.74, 6) is 0. The van der Waals surface area contributed by atoms with Crippen LogP contribution in [0.4, 0.5) is 0 Å². The number of hydrogen-bond acceptors (Lipinski definition) is 1. The van der Waals surface area contributed by atoms with Crippen LogP contribution in [0.3, 0.4) is 0 Å². The van der Waals surface area contributed by atoms with Crippen LogP contribution in [0.2, 0.25) is 0 Å². The van der Waals surface area contributed by atoms with Crippen LogP contribution >= 0.6 is 23.2 Å². The first-order valence-electron chi connectivity index (χ1n) is 7.08. The van der Waals surface area contributed by atoms with Crippen molar-refractivity contribution in [2.75, 3.05) is 0 Å². The second-order valence-electron chi connectivity index (χ2n) is 8.07. The average molecular weight is 311 g/mol. The molecule has 1 nitrogen and oxygen atoms in total. The van der Waals surface area contributed by atoms with Crippen molar-refractivity contribution < 1.29 is 4.74 Å². The highest BCUT2D eigenvalue weighted by Crippen LogP contribution is 2.44. The maximum Gasteiger partial charge on any atom is 0.0745 e. The molecule has 0 bridgehead atoms. The molecule has 0 radical (unpaired) electrons. The standard InChI is InChI=1S/C16H32Cl2O/c1-11(15(9,17)13(3,4)5)19-12(2)16(10,18)14(6,7)8/h11-12H,1-10H3. The van der Waals surface area contributed by atoms with Crippen LogP contribution < -0.4 is 0 Å². The molecule has 0 aromatic heterocycles. The van der Waals surface area contributed by atoms with E-state index in [0.717, 1.165) is 0 Å². The predicted octanol–water partition coefficient (Wildman–Crippen LogP) is 5.87. The Kier molecular flexibility index (Phi) is 5.90. The molecule has 0 fully saturated rings. The SMILES string of the molecule is CC(OC(C)C(C)(Cl)C(C)(C)C)C(C)(Cl)C(C)(C)C. The molecule has 0 amide bonds. The van der Waals surface area contributed by atoms with Crippen LogP contribution in [0.5, 0.6) is 0 Å². The van der Waals surface area contributed by atoms with E-state index in [4.69, 9.17) is 27.9 Å². The summed E-state index contributed by atoms with van der Waals surface area (Å²) in [6.45, 7) is 20.9. The van der Waals surface area contributed by atoms with E-state index >= 15 is 0 Å². The van der Waals surface area contributed by atoms with Gasteiger partial charge < -0.3 is 4.74 Å². The molecule has 0 saturated heterocycles. The minimum absolute atomic E-state index is 0.0435. The molecule has 0 spiro atoms. The van der Waals surface area contributed by atoms with Crippen LogP contribution in [-0.4, -0.2) is 22.0 Å². The summed E-state index contributed by atoms with van der Waals surface area (Å²) in [5, 5.41) is 0. The van der Waals surface area contributed by atoms with Gasteiger partial charge in [0, 0.05) is 0 Å². The monoisotopic (exact) mass is 310 g/mol. The Hall–Kier alpha value is 0.540. The highest BCUT2D eigenvalue weighted by Gasteiger charge is 2.46. The summed E-state index contributed by atoms with van der Waals surface area (Å²) in [6.07, 6.45) is -0.158. The van der Waals surface area contributed by atoms with Crippen molar-refractivity contribution in [2.24, 2.45) is 10.8 Å². The number of ether oxygens (including phenoxy) is 1. The molecule has 0 aromatic rings. The lowest BCUT2D eigenvalue weighted by Crippen LogP contribution is -2.51. The van der Waals surface area contributed by atoms with E-state index in [1.807, 2.05) is 27.7 Å². The highest BCUT2D eigenvalue weighted by molar-refractivity contribution is 6.25. The third-order valence-corrected chi connectivity index (χ3v) is 6.62. The molecule has 4 unspecified atom stereocenters. The van der Waals surface area contributed by atoms with Crippen molar-refractivity contribution in [3.8, 4) is 0 Å². The molecule has 4 atom stereocenters. The highest BCUT2D eigenvalue weighted by atomic mass is 35.5. The van der Waals surface area contributed by atoms with Crippen molar-refractivity contribution in [3.63, 3.8) is 0 Å². The molecule has 0 aliphatic carbocycles. The quantitative estimate of drug-likeness (QED) is 0.590. The van der Waals surface area contributed by atoms with Crippen LogP contribution in [0.15, 0.2) is 0 Å². The minimum atomic E-state index is -0.438. The molecule has 116 valence electrons. The van der Waals surface area contributed by atoms with Gasteiger partial charge in [0.2, 0.25) is 0 Å². The molecule has 0 heterocycles. The topological polar surface area (TPSA) is 9.23 Å². The van der Waals surface area contributed by atoms with E-state index in [0.29, 0.717) is 0 Å². The summed E-state index contributed by atoms with van der Waals surface area (Å²) in [7, 11) is 0. The summed E-state index contributed by atoms with van der Waals surface area (Å²) in [4.78, 5) is -0.877. The Morgan fingerprint density at radius 3 is 1.00 bits per heavy atom. The van der Waals surface area contributed by atoms with Crippen molar-refractivity contribution in [2.45, 2.75) is 91.2 Å². The van der Waals surface area contributed by atoms with Gasteiger partial charge in [-0.15, -0.1) is 23.2 Å². The van der Waals surface area contributed by atoms with Gasteiger partial charge in [0.15, 0.2) is 0 Å². The molecule has 0 aliphatic heterocycles. The Bertz CT molecular complexity index is 265. The largest absolute Gasteiger partial charge is 0.372 e. The fraction of sp³-hybridized carbons (Fsp3) is 1.00. The van der Waals surface area contributed by atoms with Crippen LogP contribution in [0, 0.1) is 10.8 Å². The summed E-state index contributed by atoms with van der Waals surface area (Å²) in [6, 6.07) is 0. The van der Waals surface area contributed by atoms with E-state index in [1.165, 1.54) is 0 Å². The Morgan fingerprint density at radius 1 is 0.632 bits per heavy atom. The molecule has 0 saturated carbocycles. The molecule has 3 heteroatoms. The summed E-state index contributed by atoms with van der Waals surface area (Å²) >= 11 is 13.4. The van der Waals surface area contributed by atoms with Gasteiger partial charge in [0.05, 0.1) is 22.0 Å². The second kappa shape index (κ2) is 5.73. The van der Waals surface area contributed by atoms with E-state index in [-0.39, 0.29) is 23.0 Å². The molecular formula is C16H32Cl2O. The smallest absolute Gasteiger partial charge is 0.0745 e. The maximum atomic E-state index is 6.70. The van der Waals surface area contributed by atoms with E-state index in [2.05, 4.69) is 41.5 Å². The van der Waals surface area contributed by atoms with Gasteiger partial charge >= 0.3 is 0 Å². The summed E-state index contributed by atoms with van der Waals surface area (Å²) in [5.41, 5.74) is -0.0870. The number of hydrogen-bond donors (Lipinski definition) is 0. The number of alkyl halides is 2. The van der Waals surface area contributed by atoms with Gasteiger partial charge in [-0.25, -0.2) is 0 Å². The zero-order chi connectivity index (χ0) is 15.9. The van der Waals surface area contributed by atoms with E-state index in [9.17, 15) is 0 Å². The lowest BCUT2D eigenvalue weighted by molar-refractivity contribution is -0.0653. The van der Waals surface area contributed by atoms with Crippen LogP contribution in [0.1, 0.15) is 69.2 Å². The normalized spacial score (nSPS) is 23.4. The third kappa shape index (κ3) is 4.25. The molecule has 19 heavy (non-hydrogen) atoms. The third-order valence-electron chi connectivity index (χ3n) is 4.87. The predicted molar refractivity (Wildman–Crippen MR) is 87.4 cm³/mol. The van der Waals surface area contributed by atoms with Gasteiger partial charge in [0.1, 0.15) is 0 Å². The minimum Gasteiger partial charge on any atom is -0.372 e. The van der Waals surface area contributed by atoms with Crippen molar-refractivity contribution in [1.29, 1.82) is 0 Å². The molecule has 0 N–H and O–H groups in total. The van der Waals surface area contributed by atoms with E-state index < -0.39 is 9.75 Å². The number of rotatable bonds is 4. The van der Waals surface area contributed by atoms with Crippen molar-refractivity contribution in [1.82, 2.24) is 0 Å². The zero-order valence-corrected chi connectivity index (χ0v) is 15.8. The maximum absolute atomic E-state index is 6.70. The Labute approximate surface area is 130 Å². The Morgan fingerprint density at radius 2 is 0.842 bits per heavy atom. The van der Waals surface area contributed by atoms with Crippen LogP contribution in [0.25, 0.3) is 0 Å². The van der Waals surface area contributed by atoms with Gasteiger partial charge in [-0.1, -0.05) is 41.5 Å². The molecule has 0 rings (SSSR count). The zero-order valence-electron chi connectivity index (χ0n) is 14.3. The lowest BCUT2D eigenvalue weighted by atomic mass is 9.76. The molecular weight excluding hydrogens is 279 g/mol. The molecule has 0 aliphatic rings. The van der Waals surface area contributed by atoms with Gasteiger partial charge in [0.25, 0.3) is 0 Å². The first-order valence-corrected chi connectivity index (χ1v) is 7.84. The fourth-order valence-electron chi connectivity index (χ4n) is 1.78. The first kappa shape index (κ1) is 19.5. The fourth-order valence-corrected chi connectivity index (χ4v) is 1.88. The lowest BCUT2D eigenvalue weighted by Gasteiger charge is -2.46. The Balaban J connectivity index is 4.99. The average Bonchev–Trinajstić information content (AvgIpc) is 2.13. The van der Waals surface area contributed by atoms with Crippen LogP contribution in [-0.2, 0) is 4.74 Å². The van der Waals surface area contributed by atoms with Gasteiger partial charge in [-0.2, -0.15) is 0 Å². The second-order valence-corrected chi connectivity index (χ2v) is 9.64. The first-order chi connectivity index (χ1) is 8.05. The van der Waals surface area contributed by atoms with E-state index in [1.54, 1.807) is 0 Å². The number of halogens is 2. The van der Waals surface area contributed by atoms with Crippen molar-refractivity contribution >= 4 is 23.2 Å². The summed E-state index contributed by atoms with van der Waals surface area (Å²) < 4.78 is 6.17. The van der Waals surface area contributed by atoms with Gasteiger partial charge in [-0.05, 0) is 38.5 Å². The molecule has 0 aromatic carbocycles. The van der Waals surface area contributed by atoms with Gasteiger partial charge in [-0.3, -0.25) is 0 Å².